The summed E-state index contributed by atoms with van der Waals surface area (Å²) in [5.74, 6) is 0.949. The lowest BCUT2D eigenvalue weighted by molar-refractivity contribution is 0.195. The fraction of sp³-hybridized carbons (Fsp3) is 0.600. The minimum absolute atomic E-state index is 0.249. The number of methoxy groups -OCH3 is 1. The van der Waals surface area contributed by atoms with E-state index in [1.54, 1.807) is 7.11 Å². The number of halogens is 1. The highest BCUT2D eigenvalue weighted by molar-refractivity contribution is 9.10. The van der Waals surface area contributed by atoms with Crippen molar-refractivity contribution in [2.45, 2.75) is 13.0 Å². The monoisotopic (exact) mass is 342 g/mol. The van der Waals surface area contributed by atoms with Gasteiger partial charge in [0.1, 0.15) is 5.75 Å². The van der Waals surface area contributed by atoms with Crippen molar-refractivity contribution in [3.8, 4) is 5.75 Å². The van der Waals surface area contributed by atoms with Crippen molar-refractivity contribution < 1.29 is 9.84 Å². The standard InChI is InChI=1S/C15H23BrN2O2/c1-20-15-4-3-14(16)11-13(15)12-18-6-2-5-17(7-8-18)9-10-19/h3-4,11,19H,2,5-10,12H2,1H3. The Balaban J connectivity index is 1.97. The molecule has 112 valence electrons. The average Bonchev–Trinajstić information content (AvgIpc) is 2.65. The Bertz CT molecular complexity index is 428. The molecular formula is C15H23BrN2O2. The Morgan fingerprint density at radius 2 is 1.95 bits per heavy atom. The summed E-state index contributed by atoms with van der Waals surface area (Å²) in [6.45, 7) is 6.18. The van der Waals surface area contributed by atoms with E-state index in [0.29, 0.717) is 0 Å². The maximum atomic E-state index is 9.03. The first-order chi connectivity index (χ1) is 9.72. The third-order valence-corrected chi connectivity index (χ3v) is 4.23. The van der Waals surface area contributed by atoms with Gasteiger partial charge >= 0.3 is 0 Å². The van der Waals surface area contributed by atoms with Crippen LogP contribution >= 0.6 is 15.9 Å². The number of benzene rings is 1. The van der Waals surface area contributed by atoms with E-state index in [1.807, 2.05) is 12.1 Å². The molecule has 2 rings (SSSR count). The van der Waals surface area contributed by atoms with E-state index in [0.717, 1.165) is 55.9 Å². The van der Waals surface area contributed by atoms with E-state index in [1.165, 1.54) is 5.56 Å². The predicted molar refractivity (Wildman–Crippen MR) is 84.1 cm³/mol. The molecule has 0 aromatic heterocycles. The molecule has 1 aromatic carbocycles. The van der Waals surface area contributed by atoms with E-state index in [-0.39, 0.29) is 6.61 Å². The van der Waals surface area contributed by atoms with Gasteiger partial charge in [-0.05, 0) is 37.7 Å². The lowest BCUT2D eigenvalue weighted by Crippen LogP contribution is -2.32. The van der Waals surface area contributed by atoms with Crippen molar-refractivity contribution in [2.24, 2.45) is 0 Å². The van der Waals surface area contributed by atoms with Crippen LogP contribution in [0.25, 0.3) is 0 Å². The van der Waals surface area contributed by atoms with Gasteiger partial charge in [-0.3, -0.25) is 9.80 Å². The summed E-state index contributed by atoms with van der Waals surface area (Å²) in [5, 5.41) is 9.03. The van der Waals surface area contributed by atoms with E-state index in [2.05, 4.69) is 31.8 Å². The molecule has 0 saturated carbocycles. The van der Waals surface area contributed by atoms with Crippen molar-refractivity contribution in [3.63, 3.8) is 0 Å². The summed E-state index contributed by atoms with van der Waals surface area (Å²) in [5.41, 5.74) is 1.22. The van der Waals surface area contributed by atoms with Gasteiger partial charge in [0.2, 0.25) is 0 Å². The Kier molecular flexibility index (Phi) is 6.29. The molecule has 0 radical (unpaired) electrons. The van der Waals surface area contributed by atoms with E-state index >= 15 is 0 Å². The molecule has 20 heavy (non-hydrogen) atoms. The van der Waals surface area contributed by atoms with Crippen molar-refractivity contribution in [3.05, 3.63) is 28.2 Å². The van der Waals surface area contributed by atoms with Crippen LogP contribution in [-0.4, -0.2) is 61.3 Å². The fourth-order valence-corrected chi connectivity index (χ4v) is 3.07. The molecule has 0 aliphatic carbocycles. The Morgan fingerprint density at radius 1 is 1.20 bits per heavy atom. The zero-order valence-electron chi connectivity index (χ0n) is 12.0. The van der Waals surface area contributed by atoms with Crippen LogP contribution in [0.2, 0.25) is 0 Å². The first-order valence-corrected chi connectivity index (χ1v) is 7.90. The van der Waals surface area contributed by atoms with E-state index in [9.17, 15) is 0 Å². The predicted octanol–water partition coefficient (Wildman–Crippen LogP) is 1.96. The van der Waals surface area contributed by atoms with Crippen LogP contribution in [0.15, 0.2) is 22.7 Å². The van der Waals surface area contributed by atoms with Gasteiger partial charge in [0.25, 0.3) is 0 Å². The zero-order valence-corrected chi connectivity index (χ0v) is 13.6. The topological polar surface area (TPSA) is 35.9 Å². The van der Waals surface area contributed by atoms with Crippen LogP contribution in [-0.2, 0) is 6.54 Å². The van der Waals surface area contributed by atoms with Crippen LogP contribution < -0.4 is 4.74 Å². The molecule has 5 heteroatoms. The fourth-order valence-electron chi connectivity index (χ4n) is 2.66. The van der Waals surface area contributed by atoms with E-state index < -0.39 is 0 Å². The number of rotatable bonds is 5. The van der Waals surface area contributed by atoms with Gasteiger partial charge in [-0.15, -0.1) is 0 Å². The van der Waals surface area contributed by atoms with Gasteiger partial charge in [-0.1, -0.05) is 15.9 Å². The summed E-state index contributed by atoms with van der Waals surface area (Å²) >= 11 is 3.53. The second-order valence-electron chi connectivity index (χ2n) is 5.15. The lowest BCUT2D eigenvalue weighted by atomic mass is 10.2. The summed E-state index contributed by atoms with van der Waals surface area (Å²) < 4.78 is 6.53. The molecule has 1 aliphatic rings. The molecule has 1 saturated heterocycles. The summed E-state index contributed by atoms with van der Waals surface area (Å²) in [6.07, 6.45) is 1.15. The van der Waals surface area contributed by atoms with Crippen LogP contribution in [0.4, 0.5) is 0 Å². The molecule has 1 fully saturated rings. The number of hydrogen-bond acceptors (Lipinski definition) is 4. The van der Waals surface area contributed by atoms with Gasteiger partial charge < -0.3 is 9.84 Å². The van der Waals surface area contributed by atoms with Crippen LogP contribution in [0, 0.1) is 0 Å². The molecule has 1 heterocycles. The van der Waals surface area contributed by atoms with Gasteiger partial charge in [0.15, 0.2) is 0 Å². The molecule has 0 bridgehead atoms. The SMILES string of the molecule is COc1ccc(Br)cc1CN1CCCN(CCO)CC1. The quantitative estimate of drug-likeness (QED) is 0.887. The number of β-amino-alcohol motifs (C(OH)–C–C–N with tert-alkyl or cyclic N) is 1. The average molecular weight is 343 g/mol. The number of ether oxygens (including phenoxy) is 1. The molecular weight excluding hydrogens is 320 g/mol. The largest absolute Gasteiger partial charge is 0.496 e. The number of nitrogens with zero attached hydrogens (tertiary/aromatic N) is 2. The Morgan fingerprint density at radius 3 is 2.70 bits per heavy atom. The molecule has 0 unspecified atom stereocenters. The van der Waals surface area contributed by atoms with Crippen molar-refractivity contribution in [1.29, 1.82) is 0 Å². The maximum absolute atomic E-state index is 9.03. The highest BCUT2D eigenvalue weighted by atomic mass is 79.9. The third-order valence-electron chi connectivity index (χ3n) is 3.73. The number of aliphatic hydroxyl groups is 1. The molecule has 1 aliphatic heterocycles. The van der Waals surface area contributed by atoms with Crippen LogP contribution in [0.5, 0.6) is 5.75 Å². The minimum atomic E-state index is 0.249. The molecule has 1 N–H and O–H groups in total. The Hall–Kier alpha value is -0.620. The van der Waals surface area contributed by atoms with Gasteiger partial charge in [-0.2, -0.15) is 0 Å². The van der Waals surface area contributed by atoms with Crippen LogP contribution in [0.3, 0.4) is 0 Å². The smallest absolute Gasteiger partial charge is 0.123 e. The third kappa shape index (κ3) is 4.45. The molecule has 1 aromatic rings. The second-order valence-corrected chi connectivity index (χ2v) is 6.07. The summed E-state index contributed by atoms with van der Waals surface area (Å²) in [4.78, 5) is 4.79. The van der Waals surface area contributed by atoms with Crippen molar-refractivity contribution >= 4 is 15.9 Å². The number of aliphatic hydroxyl groups excluding tert-OH is 1. The highest BCUT2D eigenvalue weighted by Crippen LogP contribution is 2.24. The first kappa shape index (κ1) is 15.8. The maximum Gasteiger partial charge on any atom is 0.123 e. The van der Waals surface area contributed by atoms with Gasteiger partial charge in [0.05, 0.1) is 13.7 Å². The molecule has 0 atom stereocenters. The van der Waals surface area contributed by atoms with Crippen molar-refractivity contribution in [2.75, 3.05) is 46.4 Å². The van der Waals surface area contributed by atoms with Gasteiger partial charge in [0, 0.05) is 36.2 Å². The summed E-state index contributed by atoms with van der Waals surface area (Å²) in [7, 11) is 1.72. The minimum Gasteiger partial charge on any atom is -0.496 e. The Labute approximate surface area is 129 Å². The summed E-state index contributed by atoms with van der Waals surface area (Å²) in [6, 6.07) is 6.15. The highest BCUT2D eigenvalue weighted by Gasteiger charge is 2.16. The van der Waals surface area contributed by atoms with Crippen LogP contribution in [0.1, 0.15) is 12.0 Å². The lowest BCUT2D eigenvalue weighted by Gasteiger charge is -2.22. The second kappa shape index (κ2) is 7.98. The number of hydrogen-bond donors (Lipinski definition) is 1. The van der Waals surface area contributed by atoms with Crippen molar-refractivity contribution in [1.82, 2.24) is 9.80 Å². The molecule has 0 amide bonds. The molecule has 4 nitrogen and oxygen atoms in total. The normalized spacial score (nSPS) is 17.9. The molecule has 0 spiro atoms. The zero-order chi connectivity index (χ0) is 14.4. The van der Waals surface area contributed by atoms with Gasteiger partial charge in [-0.25, -0.2) is 0 Å². The first-order valence-electron chi connectivity index (χ1n) is 7.11. The van der Waals surface area contributed by atoms with E-state index in [4.69, 9.17) is 9.84 Å².